The Balaban J connectivity index is 0.000000471. The standard InChI is InChI=1S/C16H24.C16H18.C10H13F.C10H17N.C10H16S.C7H17NO.C4H10O/c2*1-16(2,3)15-11-9-14(10-12-15)13-7-5-4-6-8-13;1-10(2,3)8-4-6-9(11)7-5-8;1-8-9(10(2,3)4)6-7-11(8)5;1-7-6-9(8(2)11-7)10(3,4)5;1-7(2,3)8-5-6-9-4;1-4(2,3)5/h9-13H,4-8H2,1-3H3;4-12H,1-3H3;4-7H,1-3H3;6-7H,1-5H3;6H,1-5H3;8H,5-6H2,1-4H3;5H,1-3H3. The summed E-state index contributed by atoms with van der Waals surface area (Å²) >= 11 is 1.90. The number of aryl methyl sites for hydroxylation is 3. The average Bonchev–Trinajstić information content (AvgIpc) is 3.87. The molecule has 7 rings (SSSR count). The molecule has 2 N–H and O–H groups in total. The van der Waals surface area contributed by atoms with E-state index in [9.17, 15) is 4.39 Å². The topological polar surface area (TPSA) is 46.4 Å². The third-order valence-electron chi connectivity index (χ3n) is 13.4. The van der Waals surface area contributed by atoms with E-state index in [1.54, 1.807) is 33.4 Å². The van der Waals surface area contributed by atoms with Gasteiger partial charge in [0.1, 0.15) is 5.82 Å². The molecule has 1 aliphatic rings. The van der Waals surface area contributed by atoms with Crippen molar-refractivity contribution in [2.75, 3.05) is 20.3 Å². The second-order valence-corrected chi connectivity index (χ2v) is 30.2. The van der Waals surface area contributed by atoms with Crippen LogP contribution in [0.15, 0.2) is 121 Å². The number of ether oxygens (including phenoxy) is 1. The lowest BCUT2D eigenvalue weighted by molar-refractivity contribution is 0.102. The molecule has 442 valence electrons. The second kappa shape index (κ2) is 32.3. The van der Waals surface area contributed by atoms with Gasteiger partial charge in [-0.2, -0.15) is 0 Å². The molecule has 0 bridgehead atoms. The Morgan fingerprint density at radius 1 is 0.544 bits per heavy atom. The van der Waals surface area contributed by atoms with Crippen LogP contribution in [0.1, 0.15) is 232 Å². The predicted octanol–water partition coefficient (Wildman–Crippen LogP) is 20.9. The summed E-state index contributed by atoms with van der Waals surface area (Å²) in [4.78, 5) is 2.89. The average molecular weight is 1100 g/mol. The van der Waals surface area contributed by atoms with Crippen molar-refractivity contribution in [3.8, 4) is 11.1 Å². The van der Waals surface area contributed by atoms with Gasteiger partial charge in [-0.15, -0.1) is 11.3 Å². The van der Waals surface area contributed by atoms with Crippen molar-refractivity contribution in [1.82, 2.24) is 9.88 Å². The number of hydrogen-bond acceptors (Lipinski definition) is 4. The highest BCUT2D eigenvalue weighted by atomic mass is 32.1. The van der Waals surface area contributed by atoms with Gasteiger partial charge >= 0.3 is 0 Å². The minimum atomic E-state index is -0.500. The Kier molecular flexibility index (Phi) is 29.8. The van der Waals surface area contributed by atoms with E-state index in [1.165, 1.54) is 98.6 Å². The van der Waals surface area contributed by atoms with Crippen LogP contribution in [0.3, 0.4) is 0 Å². The van der Waals surface area contributed by atoms with Crippen LogP contribution >= 0.6 is 11.3 Å². The van der Waals surface area contributed by atoms with Gasteiger partial charge in [0.05, 0.1) is 12.2 Å². The predicted molar refractivity (Wildman–Crippen MR) is 350 cm³/mol. The van der Waals surface area contributed by atoms with E-state index in [0.717, 1.165) is 19.1 Å². The lowest BCUT2D eigenvalue weighted by Gasteiger charge is -2.24. The normalized spacial score (nSPS) is 13.2. The van der Waals surface area contributed by atoms with Gasteiger partial charge in [0.2, 0.25) is 0 Å². The Morgan fingerprint density at radius 2 is 0.949 bits per heavy atom. The molecule has 0 saturated heterocycles. The smallest absolute Gasteiger partial charge is 0.123 e. The van der Waals surface area contributed by atoms with Crippen LogP contribution < -0.4 is 5.32 Å². The molecule has 0 unspecified atom stereocenters. The molecule has 6 heteroatoms. The van der Waals surface area contributed by atoms with Gasteiger partial charge in [-0.1, -0.05) is 214 Å². The Labute approximate surface area is 489 Å². The van der Waals surface area contributed by atoms with Gasteiger partial charge in [-0.3, -0.25) is 0 Å². The van der Waals surface area contributed by atoms with E-state index in [4.69, 9.17) is 9.84 Å². The molecule has 1 aliphatic carbocycles. The SMILES string of the molecule is CC(C)(C)O.CC(C)(C)c1ccc(-c2ccccc2)cc1.CC(C)(C)c1ccc(C2CCCCC2)cc1.CC(C)(C)c1ccc(F)cc1.COCCNC(C)(C)C.Cc1c(C(C)(C)C)ccn1C.Cc1cc(C(C)(C)C)c(C)s1. The highest BCUT2D eigenvalue weighted by Gasteiger charge is 2.20. The highest BCUT2D eigenvalue weighted by molar-refractivity contribution is 7.12. The maximum absolute atomic E-state index is 12.5. The van der Waals surface area contributed by atoms with Crippen LogP contribution in [0.5, 0.6) is 0 Å². The molecule has 0 spiro atoms. The number of halogens is 1. The van der Waals surface area contributed by atoms with Crippen LogP contribution in [-0.2, 0) is 38.9 Å². The number of aromatic nitrogens is 1. The highest BCUT2D eigenvalue weighted by Crippen LogP contribution is 2.35. The molecule has 0 radical (unpaired) electrons. The van der Waals surface area contributed by atoms with Crippen molar-refractivity contribution < 1.29 is 14.2 Å². The molecule has 4 aromatic carbocycles. The summed E-state index contributed by atoms with van der Waals surface area (Å²) in [6.45, 7) is 53.3. The molecule has 1 saturated carbocycles. The van der Waals surface area contributed by atoms with Crippen molar-refractivity contribution in [1.29, 1.82) is 0 Å². The molecule has 2 aromatic heterocycles. The third-order valence-corrected chi connectivity index (χ3v) is 14.4. The Bertz CT molecular complexity index is 2530. The van der Waals surface area contributed by atoms with Gasteiger partial charge < -0.3 is 19.7 Å². The second-order valence-electron chi connectivity index (χ2n) is 28.8. The zero-order valence-electron chi connectivity index (χ0n) is 55.2. The van der Waals surface area contributed by atoms with E-state index in [2.05, 4.69) is 253 Å². The van der Waals surface area contributed by atoms with Gasteiger partial charge in [0.25, 0.3) is 0 Å². The van der Waals surface area contributed by atoms with Crippen LogP contribution in [0.2, 0.25) is 0 Å². The molecule has 0 aliphatic heterocycles. The van der Waals surface area contributed by atoms with Crippen molar-refractivity contribution in [3.05, 3.63) is 176 Å². The maximum Gasteiger partial charge on any atom is 0.123 e. The molecule has 79 heavy (non-hydrogen) atoms. The van der Waals surface area contributed by atoms with Gasteiger partial charge in [0, 0.05) is 47.9 Å². The molecule has 0 atom stereocenters. The largest absolute Gasteiger partial charge is 0.391 e. The minimum Gasteiger partial charge on any atom is -0.391 e. The molecule has 0 amide bonds. The molecule has 1 fully saturated rings. The monoisotopic (exact) mass is 1100 g/mol. The number of benzene rings is 4. The molecule has 2 heterocycles. The van der Waals surface area contributed by atoms with Crippen LogP contribution in [0.4, 0.5) is 4.39 Å². The lowest BCUT2D eigenvalue weighted by atomic mass is 9.81. The summed E-state index contributed by atoms with van der Waals surface area (Å²) in [6.07, 6.45) is 9.20. The first-order valence-corrected chi connectivity index (χ1v) is 30.0. The molecular formula is C73H115FN2O2S. The van der Waals surface area contributed by atoms with Crippen molar-refractivity contribution >= 4 is 11.3 Å². The first-order chi connectivity index (χ1) is 36.0. The third kappa shape index (κ3) is 30.9. The van der Waals surface area contributed by atoms with E-state index in [1.807, 2.05) is 29.5 Å². The fourth-order valence-corrected chi connectivity index (χ4v) is 9.87. The Hall–Kier alpha value is -4.33. The van der Waals surface area contributed by atoms with Gasteiger partial charge in [-0.25, -0.2) is 4.39 Å². The van der Waals surface area contributed by atoms with E-state index >= 15 is 0 Å². The van der Waals surface area contributed by atoms with Crippen LogP contribution in [0.25, 0.3) is 11.1 Å². The molecule has 4 nitrogen and oxygen atoms in total. The summed E-state index contributed by atoms with van der Waals surface area (Å²) in [6, 6.07) is 39.9. The van der Waals surface area contributed by atoms with Crippen molar-refractivity contribution in [3.63, 3.8) is 0 Å². The number of rotatable bonds is 5. The first-order valence-electron chi connectivity index (χ1n) is 29.2. The number of thiophene rings is 1. The summed E-state index contributed by atoms with van der Waals surface area (Å²) in [5, 5.41) is 11.8. The number of hydrogen-bond donors (Lipinski definition) is 2. The van der Waals surface area contributed by atoms with E-state index < -0.39 is 5.60 Å². The lowest BCUT2D eigenvalue weighted by Crippen LogP contribution is -2.37. The maximum atomic E-state index is 12.5. The van der Waals surface area contributed by atoms with Crippen LogP contribution in [-0.4, -0.2) is 41.1 Å². The molecule has 6 aromatic rings. The van der Waals surface area contributed by atoms with Gasteiger partial charge in [0.15, 0.2) is 0 Å². The summed E-state index contributed by atoms with van der Waals surface area (Å²) in [7, 11) is 3.80. The van der Waals surface area contributed by atoms with Crippen LogP contribution in [0, 0.1) is 26.6 Å². The van der Waals surface area contributed by atoms with Crippen molar-refractivity contribution in [2.45, 2.75) is 242 Å². The minimum absolute atomic E-state index is 0.119. The summed E-state index contributed by atoms with van der Waals surface area (Å²) in [5.41, 5.74) is 13.4. The summed E-state index contributed by atoms with van der Waals surface area (Å²) < 4.78 is 19.5. The fourth-order valence-electron chi connectivity index (χ4n) is 8.74. The van der Waals surface area contributed by atoms with Crippen molar-refractivity contribution in [2.24, 2.45) is 7.05 Å². The number of nitrogens with zero attached hydrogens (tertiary/aromatic N) is 1. The zero-order chi connectivity index (χ0) is 60.8. The number of methoxy groups -OCH3 is 1. The number of nitrogens with one attached hydrogen (secondary N) is 1. The van der Waals surface area contributed by atoms with E-state index in [0.29, 0.717) is 5.41 Å². The molecular weight excluding hydrogens is 988 g/mol. The number of aliphatic hydroxyl groups is 1. The zero-order valence-corrected chi connectivity index (χ0v) is 56.0. The summed E-state index contributed by atoms with van der Waals surface area (Å²) in [5.74, 6) is 0.667. The first kappa shape index (κ1) is 72.7. The fraction of sp³-hybridized carbons (Fsp3) is 0.562. The Morgan fingerprint density at radius 3 is 1.27 bits per heavy atom. The van der Waals surface area contributed by atoms with E-state index in [-0.39, 0.29) is 33.0 Å². The quantitative estimate of drug-likeness (QED) is 0.169. The van der Waals surface area contributed by atoms with Gasteiger partial charge in [-0.05, 0) is 177 Å².